The van der Waals surface area contributed by atoms with Crippen LogP contribution in [0.3, 0.4) is 0 Å². The van der Waals surface area contributed by atoms with Gasteiger partial charge in [-0.2, -0.15) is 0 Å². The first kappa shape index (κ1) is 20.8. The number of carbonyl (C=O) groups excluding carboxylic acids is 1. The summed E-state index contributed by atoms with van der Waals surface area (Å²) in [4.78, 5) is 11.5. The van der Waals surface area contributed by atoms with E-state index in [-0.39, 0.29) is 6.54 Å². The maximum absolute atomic E-state index is 12.2. The average molecular weight is 391 g/mol. The normalized spacial score (nSPS) is 11.1. The highest BCUT2D eigenvalue weighted by molar-refractivity contribution is 7.92. The van der Waals surface area contributed by atoms with Gasteiger partial charge in [0.25, 0.3) is 0 Å². The molecule has 0 aromatic heterocycles. The fourth-order valence-electron chi connectivity index (χ4n) is 2.78. The van der Waals surface area contributed by atoms with Crippen LogP contribution in [0.1, 0.15) is 27.9 Å². The number of nitrogens with zero attached hydrogens (tertiary/aromatic N) is 1. The molecule has 6 nitrogen and oxygen atoms in total. The predicted octanol–water partition coefficient (Wildman–Crippen LogP) is 3.33. The van der Waals surface area contributed by atoms with E-state index < -0.39 is 16.0 Å². The molecule has 0 saturated heterocycles. The van der Waals surface area contributed by atoms with Crippen molar-refractivity contribution in [2.24, 2.45) is 0 Å². The maximum atomic E-state index is 12.2. The first-order valence-corrected chi connectivity index (χ1v) is 10.4. The molecular weight excluding hydrogens is 366 g/mol. The van der Waals surface area contributed by atoms with Crippen molar-refractivity contribution in [1.82, 2.24) is 0 Å². The van der Waals surface area contributed by atoms with E-state index in [0.29, 0.717) is 24.3 Å². The number of benzene rings is 2. The summed E-state index contributed by atoms with van der Waals surface area (Å²) in [5, 5.41) is 0. The van der Waals surface area contributed by atoms with E-state index in [1.165, 1.54) is 11.4 Å². The minimum atomic E-state index is -3.45. The minimum absolute atomic E-state index is 0.279. The van der Waals surface area contributed by atoms with Crippen LogP contribution in [-0.2, 0) is 14.8 Å². The third-order valence-corrected chi connectivity index (χ3v) is 5.14. The molecule has 0 unspecified atom stereocenters. The summed E-state index contributed by atoms with van der Waals surface area (Å²) >= 11 is 0. The van der Waals surface area contributed by atoms with Gasteiger partial charge in [0.1, 0.15) is 5.75 Å². The van der Waals surface area contributed by atoms with Crippen molar-refractivity contribution in [3.63, 3.8) is 0 Å². The monoisotopic (exact) mass is 391 g/mol. The van der Waals surface area contributed by atoms with Gasteiger partial charge >= 0.3 is 5.97 Å². The van der Waals surface area contributed by atoms with Gasteiger partial charge in [-0.05, 0) is 61.4 Å². The van der Waals surface area contributed by atoms with Gasteiger partial charge in [0.2, 0.25) is 10.0 Å². The van der Waals surface area contributed by atoms with Crippen molar-refractivity contribution >= 4 is 21.7 Å². The van der Waals surface area contributed by atoms with Crippen LogP contribution in [0, 0.1) is 13.8 Å². The molecule has 27 heavy (non-hydrogen) atoms. The Kier molecular flexibility index (Phi) is 6.85. The van der Waals surface area contributed by atoms with Crippen LogP contribution in [0.4, 0.5) is 5.69 Å². The Hall–Kier alpha value is -2.54. The predicted molar refractivity (Wildman–Crippen MR) is 106 cm³/mol. The van der Waals surface area contributed by atoms with E-state index >= 15 is 0 Å². The molecule has 146 valence electrons. The van der Waals surface area contributed by atoms with Crippen LogP contribution in [-0.4, -0.2) is 40.9 Å². The van der Waals surface area contributed by atoms with Gasteiger partial charge in [0.05, 0.1) is 31.2 Å². The quantitative estimate of drug-likeness (QED) is 0.510. The first-order valence-electron chi connectivity index (χ1n) is 8.58. The topological polar surface area (TPSA) is 72.9 Å². The molecule has 0 spiro atoms. The molecule has 0 aliphatic rings. The van der Waals surface area contributed by atoms with E-state index in [0.717, 1.165) is 23.1 Å². The molecule has 0 radical (unpaired) electrons. The number of hydrogen-bond acceptors (Lipinski definition) is 5. The number of aryl methyl sites for hydroxylation is 2. The van der Waals surface area contributed by atoms with Gasteiger partial charge in [0.15, 0.2) is 0 Å². The molecule has 0 fully saturated rings. The van der Waals surface area contributed by atoms with Crippen molar-refractivity contribution in [2.75, 3.05) is 30.8 Å². The Morgan fingerprint density at radius 2 is 1.63 bits per heavy atom. The Morgan fingerprint density at radius 1 is 1.04 bits per heavy atom. The van der Waals surface area contributed by atoms with Crippen molar-refractivity contribution in [3.05, 3.63) is 59.2 Å². The van der Waals surface area contributed by atoms with E-state index in [2.05, 4.69) is 10.8 Å². The number of carbonyl (C=O) groups is 1. The standard InChI is InChI=1S/C20H25NO5S/c1-15-12-16(2)14-19(13-15)26-11-5-10-21(27(4,23)24)18-8-6-17(7-9-18)20(22)25-3/h6-9,12-14H,5,10-11H2,1-4H3. The number of esters is 1. The lowest BCUT2D eigenvalue weighted by molar-refractivity contribution is 0.0600. The number of ether oxygens (including phenoxy) is 2. The van der Waals surface area contributed by atoms with Gasteiger partial charge in [0, 0.05) is 13.0 Å². The second kappa shape index (κ2) is 8.90. The Labute approximate surface area is 160 Å². The van der Waals surface area contributed by atoms with Crippen LogP contribution >= 0.6 is 0 Å². The number of methoxy groups -OCH3 is 1. The summed E-state index contributed by atoms with van der Waals surface area (Å²) in [7, 11) is -2.15. The summed E-state index contributed by atoms with van der Waals surface area (Å²) in [5.74, 6) is 0.315. The summed E-state index contributed by atoms with van der Waals surface area (Å²) in [5.41, 5.74) is 3.10. The molecule has 2 aromatic rings. The second-order valence-corrected chi connectivity index (χ2v) is 8.31. The summed E-state index contributed by atoms with van der Waals surface area (Å²) in [6.07, 6.45) is 1.69. The van der Waals surface area contributed by atoms with Gasteiger partial charge in [-0.15, -0.1) is 0 Å². The van der Waals surface area contributed by atoms with Crippen LogP contribution < -0.4 is 9.04 Å². The summed E-state index contributed by atoms with van der Waals surface area (Å²) < 4.78 is 36.0. The third kappa shape index (κ3) is 5.99. The zero-order valence-corrected chi connectivity index (χ0v) is 16.9. The van der Waals surface area contributed by atoms with Crippen LogP contribution in [0.25, 0.3) is 0 Å². The smallest absolute Gasteiger partial charge is 0.337 e. The lowest BCUT2D eigenvalue weighted by Gasteiger charge is -2.22. The van der Waals surface area contributed by atoms with E-state index in [1.807, 2.05) is 26.0 Å². The van der Waals surface area contributed by atoms with E-state index in [4.69, 9.17) is 4.74 Å². The minimum Gasteiger partial charge on any atom is -0.494 e. The highest BCUT2D eigenvalue weighted by Gasteiger charge is 2.17. The molecule has 7 heteroatoms. The zero-order chi connectivity index (χ0) is 20.0. The molecule has 2 rings (SSSR count). The lowest BCUT2D eigenvalue weighted by Crippen LogP contribution is -2.31. The highest BCUT2D eigenvalue weighted by atomic mass is 32.2. The number of hydrogen-bond donors (Lipinski definition) is 0. The van der Waals surface area contributed by atoms with E-state index in [1.54, 1.807) is 24.3 Å². The molecular formula is C20H25NO5S. The largest absolute Gasteiger partial charge is 0.494 e. The number of sulfonamides is 1. The molecule has 0 N–H and O–H groups in total. The average Bonchev–Trinajstić information content (AvgIpc) is 2.59. The summed E-state index contributed by atoms with van der Waals surface area (Å²) in [6.45, 7) is 4.68. The van der Waals surface area contributed by atoms with Gasteiger partial charge in [-0.1, -0.05) is 6.07 Å². The SMILES string of the molecule is COC(=O)c1ccc(N(CCCOc2cc(C)cc(C)c2)S(C)(=O)=O)cc1. The van der Waals surface area contributed by atoms with Crippen molar-refractivity contribution in [2.45, 2.75) is 20.3 Å². The van der Waals surface area contributed by atoms with Crippen LogP contribution in [0.15, 0.2) is 42.5 Å². The highest BCUT2D eigenvalue weighted by Crippen LogP contribution is 2.20. The molecule has 0 heterocycles. The van der Waals surface area contributed by atoms with Crippen LogP contribution in [0.5, 0.6) is 5.75 Å². The van der Waals surface area contributed by atoms with E-state index in [9.17, 15) is 13.2 Å². The molecule has 0 saturated carbocycles. The Bertz CT molecular complexity index is 871. The number of anilines is 1. The van der Waals surface area contributed by atoms with Gasteiger partial charge in [-0.3, -0.25) is 4.31 Å². The van der Waals surface area contributed by atoms with Crippen molar-refractivity contribution in [3.8, 4) is 5.75 Å². The second-order valence-electron chi connectivity index (χ2n) is 6.40. The van der Waals surface area contributed by atoms with Crippen molar-refractivity contribution in [1.29, 1.82) is 0 Å². The zero-order valence-electron chi connectivity index (χ0n) is 16.1. The third-order valence-electron chi connectivity index (χ3n) is 3.95. The van der Waals surface area contributed by atoms with Gasteiger partial charge < -0.3 is 9.47 Å². The molecule has 0 aliphatic heterocycles. The molecule has 0 bridgehead atoms. The number of rotatable bonds is 8. The fourth-order valence-corrected chi connectivity index (χ4v) is 3.75. The first-order chi connectivity index (χ1) is 12.7. The molecule has 0 atom stereocenters. The molecule has 0 aliphatic carbocycles. The summed E-state index contributed by atoms with van der Waals surface area (Å²) in [6, 6.07) is 12.3. The fraction of sp³-hybridized carbons (Fsp3) is 0.350. The molecule has 2 aromatic carbocycles. The Morgan fingerprint density at radius 3 is 2.15 bits per heavy atom. The van der Waals surface area contributed by atoms with Crippen molar-refractivity contribution < 1.29 is 22.7 Å². The van der Waals surface area contributed by atoms with Gasteiger partial charge in [-0.25, -0.2) is 13.2 Å². The maximum Gasteiger partial charge on any atom is 0.337 e. The molecule has 0 amide bonds. The lowest BCUT2D eigenvalue weighted by atomic mass is 10.1. The Balaban J connectivity index is 2.02. The van der Waals surface area contributed by atoms with Crippen LogP contribution in [0.2, 0.25) is 0 Å².